The molecule has 0 unspecified atom stereocenters. The van der Waals surface area contributed by atoms with Gasteiger partial charge < -0.3 is 15.1 Å². The number of aromatic nitrogens is 3. The van der Waals surface area contributed by atoms with E-state index in [1.807, 2.05) is 35.2 Å². The van der Waals surface area contributed by atoms with Gasteiger partial charge in [-0.05, 0) is 23.8 Å². The zero-order chi connectivity index (χ0) is 19.2. The third-order valence-electron chi connectivity index (χ3n) is 4.73. The number of nitrogens with zero attached hydrogens (tertiary/aromatic N) is 5. The molecule has 28 heavy (non-hydrogen) atoms. The standard InChI is InChI=1S/C21H22N6O/c28-20(26-11-13-27(14-12-26)21-22-9-4-10-23-21)18-7-8-19(25-16-18)24-15-17-5-2-1-3-6-17/h1-10,16H,11-15H2,(H,24,25). The fraction of sp³-hybridized carbons (Fsp3) is 0.238. The molecule has 3 heterocycles. The number of carbonyl (C=O) groups is 1. The number of pyridine rings is 1. The van der Waals surface area contributed by atoms with E-state index < -0.39 is 0 Å². The predicted octanol–water partition coefficient (Wildman–Crippen LogP) is 2.45. The molecule has 3 aromatic rings. The number of anilines is 2. The molecule has 142 valence electrons. The van der Waals surface area contributed by atoms with Crippen molar-refractivity contribution in [1.29, 1.82) is 0 Å². The van der Waals surface area contributed by atoms with Gasteiger partial charge in [0.15, 0.2) is 0 Å². The Kier molecular flexibility index (Phi) is 5.42. The number of benzene rings is 1. The fourth-order valence-electron chi connectivity index (χ4n) is 3.16. The second-order valence-corrected chi connectivity index (χ2v) is 6.60. The number of hydrogen-bond acceptors (Lipinski definition) is 6. The lowest BCUT2D eigenvalue weighted by atomic mass is 10.2. The highest BCUT2D eigenvalue weighted by Crippen LogP contribution is 2.14. The molecular weight excluding hydrogens is 352 g/mol. The molecule has 1 N–H and O–H groups in total. The molecule has 0 atom stereocenters. The van der Waals surface area contributed by atoms with Gasteiger partial charge in [-0.25, -0.2) is 15.0 Å². The van der Waals surface area contributed by atoms with Crippen molar-refractivity contribution >= 4 is 17.7 Å². The van der Waals surface area contributed by atoms with Crippen LogP contribution in [0.15, 0.2) is 67.1 Å². The number of amides is 1. The van der Waals surface area contributed by atoms with E-state index in [9.17, 15) is 4.79 Å². The Labute approximate surface area is 164 Å². The molecule has 1 aromatic carbocycles. The fourth-order valence-corrected chi connectivity index (χ4v) is 3.16. The molecule has 1 aliphatic rings. The maximum Gasteiger partial charge on any atom is 0.255 e. The van der Waals surface area contributed by atoms with Crippen LogP contribution in [0.3, 0.4) is 0 Å². The molecule has 2 aromatic heterocycles. The van der Waals surface area contributed by atoms with E-state index in [1.54, 1.807) is 24.7 Å². The van der Waals surface area contributed by atoms with Gasteiger partial charge in [0.2, 0.25) is 5.95 Å². The van der Waals surface area contributed by atoms with Crippen molar-refractivity contribution in [3.05, 3.63) is 78.2 Å². The Balaban J connectivity index is 1.31. The Morgan fingerprint density at radius 1 is 0.893 bits per heavy atom. The van der Waals surface area contributed by atoms with Gasteiger partial charge in [-0.3, -0.25) is 4.79 Å². The summed E-state index contributed by atoms with van der Waals surface area (Å²) in [6.45, 7) is 3.43. The molecule has 0 radical (unpaired) electrons. The number of carbonyl (C=O) groups excluding carboxylic acids is 1. The van der Waals surface area contributed by atoms with E-state index in [4.69, 9.17) is 0 Å². The van der Waals surface area contributed by atoms with Crippen LogP contribution in [0.5, 0.6) is 0 Å². The minimum absolute atomic E-state index is 0.00994. The van der Waals surface area contributed by atoms with Crippen molar-refractivity contribution in [2.45, 2.75) is 6.54 Å². The topological polar surface area (TPSA) is 74.2 Å². The smallest absolute Gasteiger partial charge is 0.255 e. The van der Waals surface area contributed by atoms with Gasteiger partial charge in [-0.1, -0.05) is 30.3 Å². The quantitative estimate of drug-likeness (QED) is 0.739. The summed E-state index contributed by atoms with van der Waals surface area (Å²) in [5, 5.41) is 3.27. The number of nitrogens with one attached hydrogen (secondary N) is 1. The van der Waals surface area contributed by atoms with Gasteiger partial charge in [0.05, 0.1) is 5.56 Å². The van der Waals surface area contributed by atoms with E-state index in [0.717, 1.165) is 18.9 Å². The third kappa shape index (κ3) is 4.25. The van der Waals surface area contributed by atoms with Crippen LogP contribution in [-0.2, 0) is 6.54 Å². The minimum atomic E-state index is 0.00994. The predicted molar refractivity (Wildman–Crippen MR) is 108 cm³/mol. The summed E-state index contributed by atoms with van der Waals surface area (Å²) >= 11 is 0. The first-order chi connectivity index (χ1) is 13.8. The van der Waals surface area contributed by atoms with Crippen LogP contribution in [0, 0.1) is 0 Å². The van der Waals surface area contributed by atoms with Crippen molar-refractivity contribution in [2.75, 3.05) is 36.4 Å². The lowest BCUT2D eigenvalue weighted by molar-refractivity contribution is 0.0746. The molecule has 7 nitrogen and oxygen atoms in total. The largest absolute Gasteiger partial charge is 0.366 e. The lowest BCUT2D eigenvalue weighted by Crippen LogP contribution is -2.49. The second kappa shape index (κ2) is 8.47. The summed E-state index contributed by atoms with van der Waals surface area (Å²) in [6.07, 6.45) is 5.11. The second-order valence-electron chi connectivity index (χ2n) is 6.60. The SMILES string of the molecule is O=C(c1ccc(NCc2ccccc2)nc1)N1CCN(c2ncccn2)CC1. The molecular formula is C21H22N6O. The first-order valence-corrected chi connectivity index (χ1v) is 9.35. The molecule has 0 aliphatic carbocycles. The maximum atomic E-state index is 12.7. The molecule has 4 rings (SSSR count). The third-order valence-corrected chi connectivity index (χ3v) is 4.73. The van der Waals surface area contributed by atoms with E-state index in [2.05, 4.69) is 37.3 Å². The zero-order valence-electron chi connectivity index (χ0n) is 15.5. The molecule has 0 bridgehead atoms. The van der Waals surface area contributed by atoms with E-state index in [-0.39, 0.29) is 5.91 Å². The molecule has 1 aliphatic heterocycles. The summed E-state index contributed by atoms with van der Waals surface area (Å²) in [5.74, 6) is 1.48. The van der Waals surface area contributed by atoms with E-state index in [0.29, 0.717) is 31.1 Å². The van der Waals surface area contributed by atoms with Crippen LogP contribution < -0.4 is 10.2 Å². The van der Waals surface area contributed by atoms with Crippen LogP contribution in [0.4, 0.5) is 11.8 Å². The van der Waals surface area contributed by atoms with Gasteiger partial charge in [0.25, 0.3) is 5.91 Å². The van der Waals surface area contributed by atoms with Crippen molar-refractivity contribution in [1.82, 2.24) is 19.9 Å². The summed E-state index contributed by atoms with van der Waals surface area (Å²) in [5.41, 5.74) is 1.79. The summed E-state index contributed by atoms with van der Waals surface area (Å²) in [4.78, 5) is 29.6. The zero-order valence-corrected chi connectivity index (χ0v) is 15.5. The first-order valence-electron chi connectivity index (χ1n) is 9.35. The van der Waals surface area contributed by atoms with Crippen LogP contribution in [0.1, 0.15) is 15.9 Å². The normalized spacial score (nSPS) is 14.0. The highest BCUT2D eigenvalue weighted by molar-refractivity contribution is 5.94. The van der Waals surface area contributed by atoms with Crippen molar-refractivity contribution in [2.24, 2.45) is 0 Å². The first kappa shape index (κ1) is 17.9. The highest BCUT2D eigenvalue weighted by atomic mass is 16.2. The van der Waals surface area contributed by atoms with Gasteiger partial charge in [0, 0.05) is 51.3 Å². The molecule has 1 fully saturated rings. The average molecular weight is 374 g/mol. The molecule has 1 saturated heterocycles. The summed E-state index contributed by atoms with van der Waals surface area (Å²) in [6, 6.07) is 15.6. The minimum Gasteiger partial charge on any atom is -0.366 e. The molecule has 1 amide bonds. The Hall–Kier alpha value is -3.48. The van der Waals surface area contributed by atoms with Crippen molar-refractivity contribution in [3.8, 4) is 0 Å². The average Bonchev–Trinajstić information content (AvgIpc) is 2.79. The number of piperazine rings is 1. The molecule has 0 spiro atoms. The van der Waals surface area contributed by atoms with E-state index >= 15 is 0 Å². The van der Waals surface area contributed by atoms with Crippen LogP contribution in [0.25, 0.3) is 0 Å². The summed E-state index contributed by atoms with van der Waals surface area (Å²) < 4.78 is 0. The Bertz CT molecular complexity index is 893. The van der Waals surface area contributed by atoms with Crippen LogP contribution in [-0.4, -0.2) is 51.9 Å². The van der Waals surface area contributed by atoms with Crippen LogP contribution in [0.2, 0.25) is 0 Å². The van der Waals surface area contributed by atoms with E-state index in [1.165, 1.54) is 5.56 Å². The van der Waals surface area contributed by atoms with Crippen LogP contribution >= 0.6 is 0 Å². The maximum absolute atomic E-state index is 12.7. The van der Waals surface area contributed by atoms with Gasteiger partial charge in [-0.2, -0.15) is 0 Å². The monoisotopic (exact) mass is 374 g/mol. The Morgan fingerprint density at radius 3 is 2.32 bits per heavy atom. The van der Waals surface area contributed by atoms with Crippen molar-refractivity contribution < 1.29 is 4.79 Å². The van der Waals surface area contributed by atoms with Gasteiger partial charge in [0.1, 0.15) is 5.82 Å². The molecule has 7 heteroatoms. The number of hydrogen-bond donors (Lipinski definition) is 1. The lowest BCUT2D eigenvalue weighted by Gasteiger charge is -2.34. The highest BCUT2D eigenvalue weighted by Gasteiger charge is 2.23. The van der Waals surface area contributed by atoms with Gasteiger partial charge >= 0.3 is 0 Å². The van der Waals surface area contributed by atoms with Gasteiger partial charge in [-0.15, -0.1) is 0 Å². The summed E-state index contributed by atoms with van der Waals surface area (Å²) in [7, 11) is 0. The molecule has 0 saturated carbocycles. The number of rotatable bonds is 5. The Morgan fingerprint density at radius 2 is 1.64 bits per heavy atom. The van der Waals surface area contributed by atoms with Crippen molar-refractivity contribution in [3.63, 3.8) is 0 Å².